The summed E-state index contributed by atoms with van der Waals surface area (Å²) in [6, 6.07) is 0. The molecule has 0 spiro atoms. The van der Waals surface area contributed by atoms with Gasteiger partial charge in [-0.15, -0.1) is 0 Å². The van der Waals surface area contributed by atoms with E-state index in [1.807, 2.05) is 13.1 Å². The maximum absolute atomic E-state index is 8.54. The zero-order valence-corrected chi connectivity index (χ0v) is 8.06. The lowest BCUT2D eigenvalue weighted by molar-refractivity contribution is -0.892. The van der Waals surface area contributed by atoms with Gasteiger partial charge in [0.2, 0.25) is 0 Å². The molecule has 0 aromatic heterocycles. The third kappa shape index (κ3) is 5.09. The zero-order chi connectivity index (χ0) is 10.2. The lowest BCUT2D eigenvalue weighted by atomic mass is 10.3. The summed E-state index contributed by atoms with van der Waals surface area (Å²) in [5.74, 6) is 0. The second kappa shape index (κ2) is 6.31. The Balaban J connectivity index is 4.22. The minimum atomic E-state index is 0.692. The fourth-order valence-electron chi connectivity index (χ4n) is 1.14. The van der Waals surface area contributed by atoms with Crippen LogP contribution in [0.1, 0.15) is 0 Å². The molecule has 0 aromatic rings. The summed E-state index contributed by atoms with van der Waals surface area (Å²) in [7, 11) is 2.03. The van der Waals surface area contributed by atoms with E-state index in [9.17, 15) is 0 Å². The molecule has 0 bridgehead atoms. The molecule has 0 aliphatic carbocycles. The first-order valence-corrected chi connectivity index (χ1v) is 4.21. The van der Waals surface area contributed by atoms with E-state index in [0.717, 1.165) is 19.1 Å². The molecule has 0 saturated carbocycles. The smallest absolute Gasteiger partial charge is 0.101 e. The number of hydrogen-bond acceptors (Lipinski definition) is 2. The minimum Gasteiger partial charge on any atom is -0.516 e. The number of nitrogens with zero attached hydrogens (tertiary/aromatic N) is 1. The molecule has 0 aliphatic rings. The highest BCUT2D eigenvalue weighted by atomic mass is 16.2. The summed E-state index contributed by atoms with van der Waals surface area (Å²) in [6.45, 7) is 5.90. The maximum atomic E-state index is 8.54. The first-order valence-electron chi connectivity index (χ1n) is 4.21. The van der Waals surface area contributed by atoms with Crippen LogP contribution in [-0.4, -0.2) is 41.4 Å². The Kier molecular flexibility index (Phi) is 5.72. The van der Waals surface area contributed by atoms with E-state index in [0.29, 0.717) is 17.6 Å². The van der Waals surface area contributed by atoms with Gasteiger partial charge in [0.15, 0.2) is 0 Å². The van der Waals surface area contributed by atoms with Crippen molar-refractivity contribution in [1.29, 1.82) is 0 Å². The van der Waals surface area contributed by atoms with Crippen LogP contribution in [0.25, 0.3) is 0 Å². The van der Waals surface area contributed by atoms with Crippen molar-refractivity contribution in [2.45, 2.75) is 0 Å². The molecule has 0 radical (unpaired) electrons. The summed E-state index contributed by atoms with van der Waals surface area (Å²) in [5.41, 5.74) is 0. The van der Waals surface area contributed by atoms with Crippen molar-refractivity contribution in [3.05, 3.63) is 37.3 Å². The van der Waals surface area contributed by atoms with Gasteiger partial charge in [-0.1, -0.05) is 6.58 Å². The Morgan fingerprint density at radius 2 is 1.54 bits per heavy atom. The van der Waals surface area contributed by atoms with Gasteiger partial charge in [0.1, 0.15) is 13.1 Å². The molecule has 0 amide bonds. The molecule has 0 atom stereocenters. The van der Waals surface area contributed by atoms with Crippen molar-refractivity contribution in [3.63, 3.8) is 0 Å². The molecule has 13 heavy (non-hydrogen) atoms. The average molecular weight is 184 g/mol. The quantitative estimate of drug-likeness (QED) is 0.375. The highest BCUT2D eigenvalue weighted by Crippen LogP contribution is 2.02. The van der Waals surface area contributed by atoms with Crippen LogP contribution in [0, 0.1) is 0 Å². The molecule has 0 rings (SSSR count). The lowest BCUT2D eigenvalue weighted by Crippen LogP contribution is -2.44. The Labute approximate surface area is 79.5 Å². The average Bonchev–Trinajstić information content (AvgIpc) is 2.12. The standard InChI is InChI=1S/C10H17NO2/c1-3-6-11(2,7-4-9-12)8-5-10-13/h3-5,9-10H,1,6-8H2,2H3,(H-,12,13)/p+1. The predicted molar refractivity (Wildman–Crippen MR) is 54.5 cm³/mol. The molecule has 2 N–H and O–H groups in total. The molecule has 0 fully saturated rings. The van der Waals surface area contributed by atoms with Gasteiger partial charge >= 0.3 is 0 Å². The third-order valence-corrected chi connectivity index (χ3v) is 1.87. The normalized spacial score (nSPS) is 16.4. The summed E-state index contributed by atoms with van der Waals surface area (Å²) >= 11 is 0. The molecule has 0 aliphatic heterocycles. The van der Waals surface area contributed by atoms with Gasteiger partial charge in [-0.25, -0.2) is 0 Å². The Morgan fingerprint density at radius 1 is 1.08 bits per heavy atom. The minimum absolute atomic E-state index is 0.692. The van der Waals surface area contributed by atoms with Crippen LogP contribution in [0.3, 0.4) is 0 Å². The molecule has 0 heterocycles. The molecule has 0 unspecified atom stereocenters. The van der Waals surface area contributed by atoms with Crippen LogP contribution >= 0.6 is 0 Å². The third-order valence-electron chi connectivity index (χ3n) is 1.87. The van der Waals surface area contributed by atoms with E-state index < -0.39 is 0 Å². The molecule has 3 heteroatoms. The van der Waals surface area contributed by atoms with Crippen molar-refractivity contribution in [2.24, 2.45) is 0 Å². The van der Waals surface area contributed by atoms with Crippen LogP contribution in [0.15, 0.2) is 37.3 Å². The molecular weight excluding hydrogens is 166 g/mol. The predicted octanol–water partition coefficient (Wildman–Crippen LogP) is 1.76. The van der Waals surface area contributed by atoms with Crippen molar-refractivity contribution < 1.29 is 14.7 Å². The molecule has 3 nitrogen and oxygen atoms in total. The Hall–Kier alpha value is -1.22. The van der Waals surface area contributed by atoms with Gasteiger partial charge < -0.3 is 14.7 Å². The topological polar surface area (TPSA) is 40.5 Å². The van der Waals surface area contributed by atoms with Crippen molar-refractivity contribution >= 4 is 0 Å². The highest BCUT2D eigenvalue weighted by molar-refractivity contribution is 4.78. The van der Waals surface area contributed by atoms with Crippen LogP contribution in [-0.2, 0) is 0 Å². The maximum Gasteiger partial charge on any atom is 0.101 e. The number of likely N-dealkylation sites (N-methyl/N-ethyl adjacent to an activating group) is 1. The van der Waals surface area contributed by atoms with E-state index >= 15 is 0 Å². The van der Waals surface area contributed by atoms with Crippen LogP contribution in [0.2, 0.25) is 0 Å². The number of quaternary nitrogens is 1. The van der Waals surface area contributed by atoms with Gasteiger partial charge in [-0.2, -0.15) is 0 Å². The van der Waals surface area contributed by atoms with Gasteiger partial charge in [-0.3, -0.25) is 0 Å². The van der Waals surface area contributed by atoms with Gasteiger partial charge in [-0.05, 0) is 6.08 Å². The second-order valence-corrected chi connectivity index (χ2v) is 3.23. The Bertz CT molecular complexity index is 183. The first-order chi connectivity index (χ1) is 6.18. The van der Waals surface area contributed by atoms with E-state index in [1.54, 1.807) is 12.2 Å². The van der Waals surface area contributed by atoms with E-state index in [4.69, 9.17) is 10.2 Å². The van der Waals surface area contributed by atoms with E-state index in [1.165, 1.54) is 0 Å². The molecule has 0 aromatic carbocycles. The first kappa shape index (κ1) is 11.8. The summed E-state index contributed by atoms with van der Waals surface area (Å²) < 4.78 is 0.692. The largest absolute Gasteiger partial charge is 0.516 e. The van der Waals surface area contributed by atoms with Crippen molar-refractivity contribution in [1.82, 2.24) is 0 Å². The number of aliphatic hydroxyl groups is 2. The molecular formula is C10H18NO2+. The van der Waals surface area contributed by atoms with E-state index in [-0.39, 0.29) is 0 Å². The fraction of sp³-hybridized carbons (Fsp3) is 0.400. The van der Waals surface area contributed by atoms with E-state index in [2.05, 4.69) is 6.58 Å². The summed E-state index contributed by atoms with van der Waals surface area (Å²) in [6.07, 6.45) is 7.30. The van der Waals surface area contributed by atoms with Crippen LogP contribution in [0.5, 0.6) is 0 Å². The fourth-order valence-corrected chi connectivity index (χ4v) is 1.14. The van der Waals surface area contributed by atoms with Gasteiger partial charge in [0.25, 0.3) is 0 Å². The molecule has 74 valence electrons. The molecule has 0 saturated heterocycles. The number of aliphatic hydroxyl groups excluding tert-OH is 2. The monoisotopic (exact) mass is 184 g/mol. The lowest BCUT2D eigenvalue weighted by Gasteiger charge is -2.30. The van der Waals surface area contributed by atoms with Crippen molar-refractivity contribution in [2.75, 3.05) is 26.7 Å². The number of rotatable bonds is 6. The van der Waals surface area contributed by atoms with Crippen LogP contribution in [0.4, 0.5) is 0 Å². The van der Waals surface area contributed by atoms with Crippen molar-refractivity contribution in [3.8, 4) is 0 Å². The summed E-state index contributed by atoms with van der Waals surface area (Å²) in [5, 5.41) is 17.1. The summed E-state index contributed by atoms with van der Waals surface area (Å²) in [4.78, 5) is 0. The van der Waals surface area contributed by atoms with Crippen LogP contribution < -0.4 is 0 Å². The zero-order valence-electron chi connectivity index (χ0n) is 8.06. The SMILES string of the molecule is C=CC[N+](C)(CC=CO)CC=CO. The number of hydrogen-bond donors (Lipinski definition) is 2. The highest BCUT2D eigenvalue weighted by Gasteiger charge is 2.15. The second-order valence-electron chi connectivity index (χ2n) is 3.23. The van der Waals surface area contributed by atoms with Gasteiger partial charge in [0, 0.05) is 12.2 Å². The Morgan fingerprint density at radius 3 is 1.85 bits per heavy atom. The van der Waals surface area contributed by atoms with Gasteiger partial charge in [0.05, 0.1) is 26.1 Å².